The van der Waals surface area contributed by atoms with E-state index in [1.807, 2.05) is 24.3 Å². The topological polar surface area (TPSA) is 12.4 Å². The van der Waals surface area contributed by atoms with Gasteiger partial charge in [-0.15, -0.1) is 0 Å². The molecule has 1 aliphatic heterocycles. The Morgan fingerprint density at radius 1 is 0.889 bits per heavy atom. The van der Waals surface area contributed by atoms with Crippen LogP contribution in [0.5, 0.6) is 0 Å². The highest BCUT2D eigenvalue weighted by Gasteiger charge is 2.11. The van der Waals surface area contributed by atoms with E-state index in [0.29, 0.717) is 0 Å². The molecule has 2 aromatic rings. The Hall–Kier alpha value is -1.96. The first-order valence-corrected chi connectivity index (χ1v) is 6.24. The zero-order valence-corrected chi connectivity index (χ0v) is 10.1. The second-order valence-corrected chi connectivity index (χ2v) is 4.55. The summed E-state index contributed by atoms with van der Waals surface area (Å²) in [7, 11) is 0. The van der Waals surface area contributed by atoms with E-state index in [1.54, 1.807) is 0 Å². The summed E-state index contributed by atoms with van der Waals surface area (Å²) in [6.07, 6.45) is 3.10. The Balaban J connectivity index is 2.03. The molecule has 0 atom stereocenters. The molecule has 0 bridgehead atoms. The van der Waals surface area contributed by atoms with Crippen molar-refractivity contribution in [3.05, 3.63) is 65.5 Å². The molecule has 1 heterocycles. The Labute approximate surface area is 106 Å². The molecule has 1 nitrogen and oxygen atoms in total. The number of fused-ring (bicyclic) bond motifs is 1. The maximum Gasteiger partial charge on any atom is 0.123 e. The number of rotatable bonds is 1. The lowest BCUT2D eigenvalue weighted by Crippen LogP contribution is -1.99. The standard InChI is InChI=1S/C16H14FN/c17-14-10-8-13(9-11-14)16-7-3-5-12-4-1-2-6-15(12)18-16/h1-2,4,6,8-11H,3,5,7H2. The monoisotopic (exact) mass is 239 g/mol. The molecule has 90 valence electrons. The van der Waals surface area contributed by atoms with Crippen LogP contribution in [-0.4, -0.2) is 5.71 Å². The molecule has 0 fully saturated rings. The fraction of sp³-hybridized carbons (Fsp3) is 0.188. The van der Waals surface area contributed by atoms with Gasteiger partial charge in [0, 0.05) is 5.71 Å². The molecule has 1 aliphatic rings. The van der Waals surface area contributed by atoms with Crippen molar-refractivity contribution in [2.24, 2.45) is 4.99 Å². The van der Waals surface area contributed by atoms with Crippen molar-refractivity contribution < 1.29 is 4.39 Å². The number of aryl methyl sites for hydroxylation is 1. The van der Waals surface area contributed by atoms with Gasteiger partial charge in [-0.05, 0) is 48.6 Å². The first-order valence-electron chi connectivity index (χ1n) is 6.24. The van der Waals surface area contributed by atoms with Crippen molar-refractivity contribution in [1.29, 1.82) is 0 Å². The summed E-state index contributed by atoms with van der Waals surface area (Å²) < 4.78 is 12.9. The minimum atomic E-state index is -0.201. The molecule has 2 aromatic carbocycles. The van der Waals surface area contributed by atoms with Crippen LogP contribution in [0, 0.1) is 5.82 Å². The van der Waals surface area contributed by atoms with Crippen LogP contribution in [0.15, 0.2) is 53.5 Å². The summed E-state index contributed by atoms with van der Waals surface area (Å²) in [4.78, 5) is 4.73. The molecule has 0 radical (unpaired) electrons. The normalized spacial score (nSPS) is 14.6. The third kappa shape index (κ3) is 2.19. The molecule has 0 spiro atoms. The van der Waals surface area contributed by atoms with E-state index in [0.717, 1.165) is 36.2 Å². The molecular formula is C16H14FN. The van der Waals surface area contributed by atoms with Crippen LogP contribution >= 0.6 is 0 Å². The van der Waals surface area contributed by atoms with Crippen LogP contribution in [-0.2, 0) is 6.42 Å². The van der Waals surface area contributed by atoms with E-state index in [1.165, 1.54) is 17.7 Å². The van der Waals surface area contributed by atoms with E-state index < -0.39 is 0 Å². The minimum Gasteiger partial charge on any atom is -0.253 e. The van der Waals surface area contributed by atoms with Crippen molar-refractivity contribution in [2.45, 2.75) is 19.3 Å². The molecule has 0 N–H and O–H groups in total. The summed E-state index contributed by atoms with van der Waals surface area (Å²) in [6, 6.07) is 14.8. The van der Waals surface area contributed by atoms with Crippen LogP contribution in [0.25, 0.3) is 0 Å². The summed E-state index contributed by atoms with van der Waals surface area (Å²) >= 11 is 0. The number of para-hydroxylation sites is 1. The first kappa shape index (κ1) is 11.1. The van der Waals surface area contributed by atoms with E-state index in [9.17, 15) is 4.39 Å². The van der Waals surface area contributed by atoms with Gasteiger partial charge in [-0.3, -0.25) is 4.99 Å². The summed E-state index contributed by atoms with van der Waals surface area (Å²) in [6.45, 7) is 0. The third-order valence-electron chi connectivity index (χ3n) is 3.28. The van der Waals surface area contributed by atoms with Crippen LogP contribution in [0.3, 0.4) is 0 Å². The molecule has 0 aliphatic carbocycles. The van der Waals surface area contributed by atoms with Crippen molar-refractivity contribution in [3.8, 4) is 0 Å². The number of benzene rings is 2. The summed E-state index contributed by atoms with van der Waals surface area (Å²) in [5.74, 6) is -0.201. The second-order valence-electron chi connectivity index (χ2n) is 4.55. The average Bonchev–Trinajstić information content (AvgIpc) is 2.61. The number of halogens is 1. The fourth-order valence-corrected chi connectivity index (χ4v) is 2.33. The number of aliphatic imine (C=N–C) groups is 1. The van der Waals surface area contributed by atoms with E-state index >= 15 is 0 Å². The van der Waals surface area contributed by atoms with Gasteiger partial charge in [0.05, 0.1) is 5.69 Å². The molecule has 0 saturated carbocycles. The molecule has 0 amide bonds. The quantitative estimate of drug-likeness (QED) is 0.704. The van der Waals surface area contributed by atoms with Gasteiger partial charge in [0.15, 0.2) is 0 Å². The van der Waals surface area contributed by atoms with Gasteiger partial charge in [0.1, 0.15) is 5.82 Å². The summed E-state index contributed by atoms with van der Waals surface area (Å²) in [5.41, 5.74) is 4.43. The molecule has 0 saturated heterocycles. The molecule has 2 heteroatoms. The number of nitrogens with zero attached hydrogens (tertiary/aromatic N) is 1. The number of hydrogen-bond donors (Lipinski definition) is 0. The Morgan fingerprint density at radius 2 is 1.67 bits per heavy atom. The first-order chi connectivity index (χ1) is 8.83. The van der Waals surface area contributed by atoms with Gasteiger partial charge in [0.25, 0.3) is 0 Å². The van der Waals surface area contributed by atoms with Crippen molar-refractivity contribution >= 4 is 11.4 Å². The predicted octanol–water partition coefficient (Wildman–Crippen LogP) is 4.28. The van der Waals surface area contributed by atoms with Gasteiger partial charge in [-0.1, -0.05) is 30.3 Å². The van der Waals surface area contributed by atoms with Crippen LogP contribution in [0.1, 0.15) is 24.0 Å². The smallest absolute Gasteiger partial charge is 0.123 e. The molecule has 18 heavy (non-hydrogen) atoms. The van der Waals surface area contributed by atoms with Crippen LogP contribution in [0.4, 0.5) is 10.1 Å². The Morgan fingerprint density at radius 3 is 2.50 bits per heavy atom. The fourth-order valence-electron chi connectivity index (χ4n) is 2.33. The zero-order valence-electron chi connectivity index (χ0n) is 10.1. The van der Waals surface area contributed by atoms with Crippen LogP contribution in [0.2, 0.25) is 0 Å². The van der Waals surface area contributed by atoms with Gasteiger partial charge in [-0.25, -0.2) is 4.39 Å². The average molecular weight is 239 g/mol. The van der Waals surface area contributed by atoms with Gasteiger partial charge in [-0.2, -0.15) is 0 Å². The maximum absolute atomic E-state index is 12.9. The highest BCUT2D eigenvalue weighted by Crippen LogP contribution is 2.26. The summed E-state index contributed by atoms with van der Waals surface area (Å²) in [5, 5.41) is 0. The largest absolute Gasteiger partial charge is 0.253 e. The van der Waals surface area contributed by atoms with Gasteiger partial charge in [0.2, 0.25) is 0 Å². The molecule has 0 unspecified atom stereocenters. The van der Waals surface area contributed by atoms with E-state index in [2.05, 4.69) is 12.1 Å². The Kier molecular flexibility index (Phi) is 2.93. The molecular weight excluding hydrogens is 225 g/mol. The minimum absolute atomic E-state index is 0.201. The third-order valence-corrected chi connectivity index (χ3v) is 3.28. The highest BCUT2D eigenvalue weighted by atomic mass is 19.1. The van der Waals surface area contributed by atoms with Crippen molar-refractivity contribution in [2.75, 3.05) is 0 Å². The van der Waals surface area contributed by atoms with Crippen LogP contribution < -0.4 is 0 Å². The van der Waals surface area contributed by atoms with E-state index in [-0.39, 0.29) is 5.82 Å². The van der Waals surface area contributed by atoms with Crippen molar-refractivity contribution in [1.82, 2.24) is 0 Å². The lowest BCUT2D eigenvalue weighted by molar-refractivity contribution is 0.627. The van der Waals surface area contributed by atoms with Gasteiger partial charge >= 0.3 is 0 Å². The number of hydrogen-bond acceptors (Lipinski definition) is 1. The van der Waals surface area contributed by atoms with E-state index in [4.69, 9.17) is 4.99 Å². The lowest BCUT2D eigenvalue weighted by Gasteiger charge is -2.04. The Bertz CT molecular complexity index is 584. The maximum atomic E-state index is 12.9. The van der Waals surface area contributed by atoms with Gasteiger partial charge < -0.3 is 0 Å². The molecule has 0 aromatic heterocycles. The predicted molar refractivity (Wildman–Crippen MR) is 72.0 cm³/mol. The SMILES string of the molecule is Fc1ccc(C2=Nc3ccccc3CCC2)cc1. The zero-order chi connectivity index (χ0) is 12.4. The lowest BCUT2D eigenvalue weighted by atomic mass is 10.0. The molecule has 3 rings (SSSR count). The highest BCUT2D eigenvalue weighted by molar-refractivity contribution is 6.02. The van der Waals surface area contributed by atoms with Crippen molar-refractivity contribution in [3.63, 3.8) is 0 Å². The second kappa shape index (κ2) is 4.73.